The molecule has 11 heteroatoms. The number of hydrogen-bond donors (Lipinski definition) is 3. The minimum Gasteiger partial charge on any atom is -0.356 e. The smallest absolute Gasteiger partial charge is 0.291 e. The second-order valence-corrected chi connectivity index (χ2v) is 15.1. The second kappa shape index (κ2) is 11.4. The van der Waals surface area contributed by atoms with Crippen LogP contribution in [0.3, 0.4) is 0 Å². The number of amides is 5. The summed E-state index contributed by atoms with van der Waals surface area (Å²) in [6.07, 6.45) is 0.747. The highest BCUT2D eigenvalue weighted by molar-refractivity contribution is 6.38. The maximum atomic E-state index is 14.1. The van der Waals surface area contributed by atoms with E-state index in [-0.39, 0.29) is 53.2 Å². The first-order valence-corrected chi connectivity index (χ1v) is 14.6. The van der Waals surface area contributed by atoms with Gasteiger partial charge in [0.15, 0.2) is 0 Å². The molecular weight excluding hydrogens is 526 g/mol. The molecule has 2 unspecified atom stereocenters. The third-order valence-corrected chi connectivity index (χ3v) is 8.80. The van der Waals surface area contributed by atoms with Gasteiger partial charge in [-0.3, -0.25) is 28.8 Å². The minimum absolute atomic E-state index is 0.00161. The molecule has 230 valence electrons. The van der Waals surface area contributed by atoms with Gasteiger partial charge in [0.25, 0.3) is 5.91 Å². The van der Waals surface area contributed by atoms with Crippen LogP contribution in [0, 0.1) is 34.0 Å². The van der Waals surface area contributed by atoms with E-state index in [1.54, 1.807) is 4.90 Å². The molecular formula is C30H49N5O6. The van der Waals surface area contributed by atoms with Crippen molar-refractivity contribution in [3.05, 3.63) is 0 Å². The van der Waals surface area contributed by atoms with Gasteiger partial charge >= 0.3 is 0 Å². The number of carbonyl (C=O) groups is 6. The molecule has 3 aliphatic rings. The summed E-state index contributed by atoms with van der Waals surface area (Å²) in [7, 11) is 2.91. The minimum atomic E-state index is -1.20. The van der Waals surface area contributed by atoms with Crippen molar-refractivity contribution in [2.45, 2.75) is 92.8 Å². The molecule has 0 bridgehead atoms. The topological polar surface area (TPSA) is 145 Å². The Hall–Kier alpha value is -2.98. The van der Waals surface area contributed by atoms with Gasteiger partial charge in [-0.15, -0.1) is 0 Å². The van der Waals surface area contributed by atoms with Crippen LogP contribution in [0.5, 0.6) is 0 Å². The van der Waals surface area contributed by atoms with Crippen molar-refractivity contribution in [3.8, 4) is 0 Å². The number of likely N-dealkylation sites (tertiary alicyclic amines) is 1. The lowest BCUT2D eigenvalue weighted by molar-refractivity contribution is -0.148. The van der Waals surface area contributed by atoms with Gasteiger partial charge in [0, 0.05) is 39.5 Å². The lowest BCUT2D eigenvalue weighted by atomic mass is 9.84. The lowest BCUT2D eigenvalue weighted by Crippen LogP contribution is -2.60. The number of ketones is 1. The van der Waals surface area contributed by atoms with Gasteiger partial charge < -0.3 is 25.8 Å². The molecule has 2 heterocycles. The van der Waals surface area contributed by atoms with E-state index in [0.717, 1.165) is 4.90 Å². The molecule has 6 atom stereocenters. The molecule has 5 amide bonds. The standard InChI is InChI=1S/C30H49N5O6/c1-28(2,3)14-19(36)33-23(29(4,5)6)27(41)35-15-17-20(30(17,7)8)21(35)25(39)32-18(22(37)26(40)34(9)10)13-16-11-12-31-24(16)38/h16-18,20-21,23H,11-15H2,1-10H3,(H,31,38)(H,32,39)(H,33,36)/t16-,17?,18-,20-,21-,23?/m0/s1. The summed E-state index contributed by atoms with van der Waals surface area (Å²) in [5.41, 5.74) is -1.07. The van der Waals surface area contributed by atoms with Gasteiger partial charge in [-0.05, 0) is 40.9 Å². The van der Waals surface area contributed by atoms with E-state index < -0.39 is 47.1 Å². The van der Waals surface area contributed by atoms with E-state index in [2.05, 4.69) is 29.8 Å². The van der Waals surface area contributed by atoms with Gasteiger partial charge in [-0.2, -0.15) is 0 Å². The van der Waals surface area contributed by atoms with E-state index in [0.29, 0.717) is 19.5 Å². The first-order valence-electron chi connectivity index (χ1n) is 14.6. The molecule has 11 nitrogen and oxygen atoms in total. The van der Waals surface area contributed by atoms with E-state index in [1.807, 2.05) is 41.5 Å². The Kier molecular flexibility index (Phi) is 9.02. The van der Waals surface area contributed by atoms with E-state index in [4.69, 9.17) is 0 Å². The van der Waals surface area contributed by atoms with Crippen LogP contribution in [-0.4, -0.2) is 90.4 Å². The molecule has 0 aromatic heterocycles. The van der Waals surface area contributed by atoms with Crippen LogP contribution in [-0.2, 0) is 28.8 Å². The zero-order valence-corrected chi connectivity index (χ0v) is 26.3. The molecule has 3 N–H and O–H groups in total. The molecule has 1 saturated carbocycles. The van der Waals surface area contributed by atoms with Gasteiger partial charge in [0.1, 0.15) is 12.1 Å². The molecule has 2 saturated heterocycles. The van der Waals surface area contributed by atoms with Crippen LogP contribution in [0.2, 0.25) is 0 Å². The van der Waals surface area contributed by atoms with E-state index in [9.17, 15) is 28.8 Å². The molecule has 41 heavy (non-hydrogen) atoms. The van der Waals surface area contributed by atoms with Crippen LogP contribution in [0.15, 0.2) is 0 Å². The molecule has 3 fully saturated rings. The van der Waals surface area contributed by atoms with Crippen LogP contribution in [0.25, 0.3) is 0 Å². The molecule has 3 rings (SSSR count). The normalized spacial score (nSPS) is 26.4. The fraction of sp³-hybridized carbons (Fsp3) is 0.800. The van der Waals surface area contributed by atoms with Crippen molar-refractivity contribution in [2.24, 2.45) is 34.0 Å². The Morgan fingerprint density at radius 1 is 1.05 bits per heavy atom. The summed E-state index contributed by atoms with van der Waals surface area (Å²) in [6, 6.07) is -2.92. The van der Waals surface area contributed by atoms with Gasteiger partial charge in [-0.1, -0.05) is 55.4 Å². The number of rotatable bonds is 9. The first-order chi connectivity index (χ1) is 18.7. The van der Waals surface area contributed by atoms with Gasteiger partial charge in [-0.25, -0.2) is 0 Å². The Bertz CT molecular complexity index is 1100. The predicted molar refractivity (Wildman–Crippen MR) is 153 cm³/mol. The summed E-state index contributed by atoms with van der Waals surface area (Å²) in [5.74, 6) is -3.43. The van der Waals surface area contributed by atoms with Gasteiger partial charge in [0.05, 0.1) is 6.04 Å². The van der Waals surface area contributed by atoms with Crippen molar-refractivity contribution in [1.29, 1.82) is 0 Å². The average Bonchev–Trinajstić information content (AvgIpc) is 3.17. The zero-order valence-electron chi connectivity index (χ0n) is 26.3. The van der Waals surface area contributed by atoms with Crippen LogP contribution >= 0.6 is 0 Å². The summed E-state index contributed by atoms with van der Waals surface area (Å²) in [5, 5.41) is 8.43. The first kappa shape index (κ1) is 32.5. The largest absolute Gasteiger partial charge is 0.356 e. The number of nitrogens with zero attached hydrogens (tertiary/aromatic N) is 2. The fourth-order valence-electron chi connectivity index (χ4n) is 6.33. The number of carbonyl (C=O) groups excluding carboxylic acids is 6. The number of nitrogens with one attached hydrogen (secondary N) is 3. The van der Waals surface area contributed by atoms with Crippen molar-refractivity contribution in [1.82, 2.24) is 25.8 Å². The Balaban J connectivity index is 1.88. The van der Waals surface area contributed by atoms with Crippen molar-refractivity contribution >= 4 is 35.3 Å². The van der Waals surface area contributed by atoms with Crippen molar-refractivity contribution in [3.63, 3.8) is 0 Å². The Labute approximate surface area is 243 Å². The van der Waals surface area contributed by atoms with Crippen LogP contribution < -0.4 is 16.0 Å². The number of likely N-dealkylation sites (N-methyl/N-ethyl adjacent to an activating group) is 1. The van der Waals surface area contributed by atoms with E-state index >= 15 is 0 Å². The fourth-order valence-corrected chi connectivity index (χ4v) is 6.33. The Morgan fingerprint density at radius 3 is 2.15 bits per heavy atom. The van der Waals surface area contributed by atoms with Crippen LogP contribution in [0.4, 0.5) is 0 Å². The molecule has 0 aromatic carbocycles. The molecule has 0 radical (unpaired) electrons. The van der Waals surface area contributed by atoms with Crippen LogP contribution in [0.1, 0.15) is 74.7 Å². The third kappa shape index (κ3) is 7.09. The summed E-state index contributed by atoms with van der Waals surface area (Å²) >= 11 is 0. The van der Waals surface area contributed by atoms with Crippen molar-refractivity contribution in [2.75, 3.05) is 27.2 Å². The highest BCUT2D eigenvalue weighted by Crippen LogP contribution is 2.65. The highest BCUT2D eigenvalue weighted by Gasteiger charge is 2.70. The number of fused-ring (bicyclic) bond motifs is 1. The quantitative estimate of drug-likeness (QED) is 0.351. The van der Waals surface area contributed by atoms with Gasteiger partial charge in [0.2, 0.25) is 29.4 Å². The molecule has 0 spiro atoms. The summed E-state index contributed by atoms with van der Waals surface area (Å²) in [6.45, 7) is 16.4. The predicted octanol–water partition coefficient (Wildman–Crippen LogP) is 1.10. The second-order valence-electron chi connectivity index (χ2n) is 15.1. The number of hydrogen-bond acceptors (Lipinski definition) is 6. The average molecular weight is 576 g/mol. The van der Waals surface area contributed by atoms with Crippen molar-refractivity contribution < 1.29 is 28.8 Å². The maximum Gasteiger partial charge on any atom is 0.291 e. The number of piperidine rings is 1. The molecule has 0 aromatic rings. The lowest BCUT2D eigenvalue weighted by Gasteiger charge is -2.38. The monoisotopic (exact) mass is 575 g/mol. The zero-order chi connectivity index (χ0) is 31.2. The molecule has 2 aliphatic heterocycles. The summed E-state index contributed by atoms with van der Waals surface area (Å²) in [4.78, 5) is 81.7. The summed E-state index contributed by atoms with van der Waals surface area (Å²) < 4.78 is 0. The third-order valence-electron chi connectivity index (χ3n) is 8.80. The van der Waals surface area contributed by atoms with E-state index in [1.165, 1.54) is 14.1 Å². The maximum absolute atomic E-state index is 14.1. The SMILES string of the molecule is CN(C)C(=O)C(=O)[C@H](C[C@@H]1CCNC1=O)NC(=O)[C@@H]1[C@@H]2C(CN1C(=O)C(NC(=O)CC(C)(C)C)C(C)(C)C)C2(C)C. The number of Topliss-reactive ketones (excluding diaryl/α,β-unsaturated/α-hetero) is 1. The highest BCUT2D eigenvalue weighted by atomic mass is 16.2. The molecule has 1 aliphatic carbocycles. The Morgan fingerprint density at radius 2 is 1.66 bits per heavy atom.